The lowest BCUT2D eigenvalue weighted by Crippen LogP contribution is -2.10. The van der Waals surface area contributed by atoms with Crippen LogP contribution in [0.3, 0.4) is 0 Å². The highest BCUT2D eigenvalue weighted by Crippen LogP contribution is 2.38. The molecule has 2 aromatic heterocycles. The van der Waals surface area contributed by atoms with Crippen LogP contribution >= 0.6 is 11.3 Å². The van der Waals surface area contributed by atoms with E-state index in [2.05, 4.69) is 110 Å². The van der Waals surface area contributed by atoms with Crippen molar-refractivity contribution in [3.63, 3.8) is 0 Å². The number of benzene rings is 4. The number of fused-ring (bicyclic) bond motifs is 6. The highest BCUT2D eigenvalue weighted by atomic mass is 32.1. The molecular weight excluding hydrogens is 382 g/mol. The lowest BCUT2D eigenvalue weighted by Gasteiger charge is -2.19. The van der Waals surface area contributed by atoms with E-state index < -0.39 is 0 Å². The van der Waals surface area contributed by atoms with E-state index in [0.717, 1.165) is 0 Å². The number of nitrogens with zero attached hydrogens (tertiary/aromatic N) is 1. The molecule has 0 radical (unpaired) electrons. The van der Waals surface area contributed by atoms with Crippen LogP contribution in [0.2, 0.25) is 0 Å². The topological polar surface area (TPSA) is 4.93 Å². The van der Waals surface area contributed by atoms with Gasteiger partial charge < -0.3 is 4.57 Å². The minimum atomic E-state index is 0.131. The van der Waals surface area contributed by atoms with Crippen LogP contribution in [0.25, 0.3) is 47.7 Å². The molecule has 2 heteroatoms. The number of thiophene rings is 1. The summed E-state index contributed by atoms with van der Waals surface area (Å²) >= 11 is 1.87. The molecule has 6 aromatic rings. The summed E-state index contributed by atoms with van der Waals surface area (Å²) in [6.07, 6.45) is 0. The van der Waals surface area contributed by atoms with Crippen molar-refractivity contribution in [2.45, 2.75) is 26.2 Å². The Morgan fingerprint density at radius 1 is 0.600 bits per heavy atom. The second kappa shape index (κ2) is 6.20. The number of rotatable bonds is 1. The quantitative estimate of drug-likeness (QED) is 0.258. The largest absolute Gasteiger partial charge is 0.309 e. The Morgan fingerprint density at radius 2 is 1.30 bits per heavy atom. The Morgan fingerprint density at radius 3 is 2.13 bits per heavy atom. The minimum absolute atomic E-state index is 0.131. The molecule has 0 aliphatic carbocycles. The first-order chi connectivity index (χ1) is 14.5. The molecule has 0 aliphatic heterocycles. The molecule has 0 amide bonds. The van der Waals surface area contributed by atoms with E-state index in [1.165, 1.54) is 53.2 Å². The average Bonchev–Trinajstić information content (AvgIpc) is 3.28. The zero-order valence-electron chi connectivity index (χ0n) is 17.4. The first-order valence-corrected chi connectivity index (χ1v) is 11.3. The van der Waals surface area contributed by atoms with Crippen molar-refractivity contribution in [3.8, 4) is 5.69 Å². The minimum Gasteiger partial charge on any atom is -0.309 e. The molecule has 0 spiro atoms. The van der Waals surface area contributed by atoms with Crippen LogP contribution in [0.4, 0.5) is 0 Å². The molecule has 1 nitrogen and oxygen atoms in total. The zero-order valence-corrected chi connectivity index (χ0v) is 18.3. The molecule has 4 aromatic carbocycles. The maximum Gasteiger partial charge on any atom is 0.0541 e. The molecule has 0 fully saturated rings. The monoisotopic (exact) mass is 405 g/mol. The van der Waals surface area contributed by atoms with Crippen LogP contribution < -0.4 is 0 Å². The summed E-state index contributed by atoms with van der Waals surface area (Å²) in [5.41, 5.74) is 5.25. The van der Waals surface area contributed by atoms with Gasteiger partial charge in [0.25, 0.3) is 0 Å². The Labute approximate surface area is 180 Å². The van der Waals surface area contributed by atoms with Gasteiger partial charge in [0.2, 0.25) is 0 Å². The van der Waals surface area contributed by atoms with E-state index in [1.807, 2.05) is 11.3 Å². The summed E-state index contributed by atoms with van der Waals surface area (Å²) in [4.78, 5) is 0. The molecule has 0 atom stereocenters. The summed E-state index contributed by atoms with van der Waals surface area (Å²) in [7, 11) is 0. The zero-order chi connectivity index (χ0) is 20.5. The summed E-state index contributed by atoms with van der Waals surface area (Å²) in [5.74, 6) is 0. The van der Waals surface area contributed by atoms with Gasteiger partial charge in [0.15, 0.2) is 0 Å². The first kappa shape index (κ1) is 17.7. The van der Waals surface area contributed by atoms with Gasteiger partial charge in [0.05, 0.1) is 11.0 Å². The SMILES string of the molecule is CC(C)(C)c1ccc2c(c1)c1ccccc1n2-c1ccc2sc3ccccc3c2c1. The predicted molar refractivity (Wildman–Crippen MR) is 132 cm³/mol. The van der Waals surface area contributed by atoms with Crippen LogP contribution in [-0.4, -0.2) is 4.57 Å². The average molecular weight is 406 g/mol. The Bertz CT molecular complexity index is 1570. The van der Waals surface area contributed by atoms with Gasteiger partial charge >= 0.3 is 0 Å². The van der Waals surface area contributed by atoms with Crippen LogP contribution in [0, 0.1) is 0 Å². The van der Waals surface area contributed by atoms with Crippen molar-refractivity contribution in [1.29, 1.82) is 0 Å². The van der Waals surface area contributed by atoms with Gasteiger partial charge in [0, 0.05) is 36.6 Å². The molecule has 146 valence electrons. The first-order valence-electron chi connectivity index (χ1n) is 10.5. The molecule has 0 unspecified atom stereocenters. The molecule has 0 saturated heterocycles. The lowest BCUT2D eigenvalue weighted by molar-refractivity contribution is 0.591. The van der Waals surface area contributed by atoms with Gasteiger partial charge in [0.1, 0.15) is 0 Å². The van der Waals surface area contributed by atoms with Crippen molar-refractivity contribution in [3.05, 3.63) is 90.5 Å². The third-order valence-corrected chi connectivity index (χ3v) is 7.31. The van der Waals surface area contributed by atoms with Gasteiger partial charge in [-0.15, -0.1) is 11.3 Å². The number of para-hydroxylation sites is 1. The van der Waals surface area contributed by atoms with Crippen LogP contribution in [0.5, 0.6) is 0 Å². The second-order valence-electron chi connectivity index (χ2n) is 9.11. The van der Waals surface area contributed by atoms with Crippen molar-refractivity contribution in [2.75, 3.05) is 0 Å². The van der Waals surface area contributed by atoms with Crippen LogP contribution in [0.1, 0.15) is 26.3 Å². The highest BCUT2D eigenvalue weighted by molar-refractivity contribution is 7.25. The van der Waals surface area contributed by atoms with Crippen LogP contribution in [0.15, 0.2) is 84.9 Å². The van der Waals surface area contributed by atoms with Crippen molar-refractivity contribution in [1.82, 2.24) is 4.57 Å². The van der Waals surface area contributed by atoms with Gasteiger partial charge in [-0.25, -0.2) is 0 Å². The number of aromatic nitrogens is 1. The fourth-order valence-corrected chi connectivity index (χ4v) is 5.66. The van der Waals surface area contributed by atoms with E-state index in [9.17, 15) is 0 Å². The molecule has 0 saturated carbocycles. The summed E-state index contributed by atoms with van der Waals surface area (Å²) in [6.45, 7) is 6.84. The summed E-state index contributed by atoms with van der Waals surface area (Å²) in [5, 5.41) is 5.32. The Kier molecular flexibility index (Phi) is 3.66. The molecule has 0 aliphatic rings. The normalized spacial score (nSPS) is 12.5. The molecule has 0 bridgehead atoms. The van der Waals surface area contributed by atoms with E-state index in [4.69, 9.17) is 0 Å². The standard InChI is InChI=1S/C28H23NS/c1-28(2,3)18-12-14-25-22(16-18)20-8-4-6-10-24(20)29(25)19-13-15-27-23(17-19)21-9-5-7-11-26(21)30-27/h4-17H,1-3H3. The third kappa shape index (κ3) is 2.54. The molecule has 0 N–H and O–H groups in total. The van der Waals surface area contributed by atoms with Gasteiger partial charge in [-0.3, -0.25) is 0 Å². The van der Waals surface area contributed by atoms with Gasteiger partial charge in [-0.05, 0) is 53.4 Å². The summed E-state index contributed by atoms with van der Waals surface area (Å²) in [6, 6.07) is 31.3. The van der Waals surface area contributed by atoms with E-state index in [1.54, 1.807) is 0 Å². The van der Waals surface area contributed by atoms with E-state index >= 15 is 0 Å². The maximum atomic E-state index is 2.42. The highest BCUT2D eigenvalue weighted by Gasteiger charge is 2.18. The molecule has 6 rings (SSSR count). The fourth-order valence-electron chi connectivity index (χ4n) is 4.57. The van der Waals surface area contributed by atoms with Crippen molar-refractivity contribution >= 4 is 53.3 Å². The molecule has 2 heterocycles. The van der Waals surface area contributed by atoms with Crippen molar-refractivity contribution < 1.29 is 0 Å². The van der Waals surface area contributed by atoms with Gasteiger partial charge in [-0.2, -0.15) is 0 Å². The molecule has 30 heavy (non-hydrogen) atoms. The fraction of sp³-hybridized carbons (Fsp3) is 0.143. The predicted octanol–water partition coefficient (Wildman–Crippen LogP) is 8.45. The Balaban J connectivity index is 1.70. The van der Waals surface area contributed by atoms with E-state index in [-0.39, 0.29) is 5.41 Å². The third-order valence-electron chi connectivity index (χ3n) is 6.16. The second-order valence-corrected chi connectivity index (χ2v) is 10.2. The number of hydrogen-bond donors (Lipinski definition) is 0. The maximum absolute atomic E-state index is 2.42. The smallest absolute Gasteiger partial charge is 0.0541 e. The van der Waals surface area contributed by atoms with Crippen molar-refractivity contribution in [2.24, 2.45) is 0 Å². The van der Waals surface area contributed by atoms with Crippen LogP contribution in [-0.2, 0) is 5.41 Å². The summed E-state index contributed by atoms with van der Waals surface area (Å²) < 4.78 is 5.11. The van der Waals surface area contributed by atoms with Gasteiger partial charge in [-0.1, -0.05) is 63.2 Å². The number of hydrogen-bond acceptors (Lipinski definition) is 1. The Hall–Kier alpha value is -3.10. The molecular formula is C28H23NS. The lowest BCUT2D eigenvalue weighted by atomic mass is 9.86. The van der Waals surface area contributed by atoms with E-state index in [0.29, 0.717) is 0 Å².